The second-order valence-corrected chi connectivity index (χ2v) is 9.63. The molecule has 1 aromatic heterocycles. The number of hydrogen-bond acceptors (Lipinski definition) is 4. The molecule has 0 saturated carbocycles. The molecule has 1 amide bonds. The molecule has 0 N–H and O–H groups in total. The highest BCUT2D eigenvalue weighted by molar-refractivity contribution is 7.92. The van der Waals surface area contributed by atoms with Gasteiger partial charge in [0.15, 0.2) is 9.84 Å². The van der Waals surface area contributed by atoms with Gasteiger partial charge in [-0.25, -0.2) is 12.8 Å². The average molecular weight is 411 g/mol. The maximum Gasteiger partial charge on any atom is 0.272 e. The number of halogens is 1. The molecule has 0 spiro atoms. The van der Waals surface area contributed by atoms with Crippen LogP contribution in [0.25, 0.3) is 11.1 Å². The zero-order valence-corrected chi connectivity index (χ0v) is 16.4. The van der Waals surface area contributed by atoms with Crippen molar-refractivity contribution < 1.29 is 17.6 Å². The Morgan fingerprint density at radius 2 is 1.79 bits per heavy atom. The van der Waals surface area contributed by atoms with Crippen LogP contribution in [0.5, 0.6) is 0 Å². The first-order valence-corrected chi connectivity index (χ1v) is 10.8. The quantitative estimate of drug-likeness (QED) is 0.650. The number of fused-ring (bicyclic) bond motifs is 3. The Bertz CT molecular complexity index is 1230. The van der Waals surface area contributed by atoms with Gasteiger partial charge in [-0.05, 0) is 47.0 Å². The molecule has 6 nitrogen and oxygen atoms in total. The van der Waals surface area contributed by atoms with Gasteiger partial charge in [0, 0.05) is 32.3 Å². The van der Waals surface area contributed by atoms with Crippen molar-refractivity contribution in [3.8, 4) is 11.1 Å². The Kier molecular flexibility index (Phi) is 3.89. The fourth-order valence-corrected chi connectivity index (χ4v) is 6.54. The van der Waals surface area contributed by atoms with Crippen LogP contribution in [0, 0.1) is 5.82 Å². The highest BCUT2D eigenvalue weighted by atomic mass is 32.2. The van der Waals surface area contributed by atoms with Gasteiger partial charge in [0.1, 0.15) is 11.5 Å². The number of amides is 1. The molecule has 3 heterocycles. The number of benzene rings is 2. The third-order valence-electron chi connectivity index (χ3n) is 5.89. The molecule has 3 aromatic rings. The number of rotatable bonds is 2. The number of nitrogens with zero attached hydrogens (tertiary/aromatic N) is 3. The maximum atomic E-state index is 13.2. The normalized spacial score (nSPS) is 21.8. The van der Waals surface area contributed by atoms with Crippen LogP contribution in [-0.4, -0.2) is 47.3 Å². The van der Waals surface area contributed by atoms with E-state index < -0.39 is 15.1 Å². The summed E-state index contributed by atoms with van der Waals surface area (Å²) < 4.78 is 40.9. The van der Waals surface area contributed by atoms with Crippen LogP contribution in [-0.2, 0) is 16.9 Å². The summed E-state index contributed by atoms with van der Waals surface area (Å²) >= 11 is 0. The van der Waals surface area contributed by atoms with Crippen molar-refractivity contribution in [2.75, 3.05) is 13.1 Å². The number of carbonyl (C=O) groups excluding carboxylic acids is 1. The first-order chi connectivity index (χ1) is 13.9. The van der Waals surface area contributed by atoms with Crippen LogP contribution in [0.2, 0.25) is 0 Å². The molecule has 1 fully saturated rings. The minimum absolute atomic E-state index is 0.164. The van der Waals surface area contributed by atoms with Gasteiger partial charge < -0.3 is 4.90 Å². The van der Waals surface area contributed by atoms with E-state index in [1.54, 1.807) is 48.5 Å². The van der Waals surface area contributed by atoms with Crippen LogP contribution < -0.4 is 0 Å². The lowest BCUT2D eigenvalue weighted by Crippen LogP contribution is -2.32. The topological polar surface area (TPSA) is 72.3 Å². The Morgan fingerprint density at radius 3 is 2.48 bits per heavy atom. The molecule has 1 saturated heterocycles. The van der Waals surface area contributed by atoms with Crippen LogP contribution in [0.1, 0.15) is 22.0 Å². The van der Waals surface area contributed by atoms with Crippen LogP contribution in [0.3, 0.4) is 0 Å². The fourth-order valence-electron chi connectivity index (χ4n) is 4.38. The molecule has 2 aliphatic heterocycles. The predicted molar refractivity (Wildman–Crippen MR) is 105 cm³/mol. The van der Waals surface area contributed by atoms with Crippen molar-refractivity contribution in [2.24, 2.45) is 7.05 Å². The van der Waals surface area contributed by atoms with E-state index >= 15 is 0 Å². The number of likely N-dealkylation sites (tertiary alicyclic amines) is 1. The zero-order valence-electron chi connectivity index (χ0n) is 15.6. The number of carbonyl (C=O) groups is 1. The van der Waals surface area contributed by atoms with Gasteiger partial charge >= 0.3 is 0 Å². The monoisotopic (exact) mass is 411 g/mol. The highest BCUT2D eigenvalue weighted by Crippen LogP contribution is 2.46. The maximum absolute atomic E-state index is 13.2. The molecular formula is C21H18FN3O3S. The van der Waals surface area contributed by atoms with E-state index in [2.05, 4.69) is 5.10 Å². The van der Waals surface area contributed by atoms with Crippen molar-refractivity contribution in [2.45, 2.75) is 16.1 Å². The molecule has 5 rings (SSSR count). The lowest BCUT2D eigenvalue weighted by molar-refractivity contribution is 0.0780. The molecule has 0 bridgehead atoms. The second kappa shape index (κ2) is 6.25. The molecule has 8 heteroatoms. The van der Waals surface area contributed by atoms with Crippen molar-refractivity contribution in [1.82, 2.24) is 14.7 Å². The minimum atomic E-state index is -3.51. The second-order valence-electron chi connectivity index (χ2n) is 7.50. The Hall–Kier alpha value is -3.00. The summed E-state index contributed by atoms with van der Waals surface area (Å²) in [6, 6.07) is 13.0. The van der Waals surface area contributed by atoms with E-state index in [4.69, 9.17) is 0 Å². The summed E-state index contributed by atoms with van der Waals surface area (Å²) in [6.07, 6.45) is 1.55. The highest BCUT2D eigenvalue weighted by Gasteiger charge is 2.51. The standard InChI is InChI=1S/C21H18FN3O3S/c1-24-18(8-9-23-24)21(26)25-11-17-16-10-14(13-2-5-15(22)6-3-13)4-7-19(16)29(27,28)20(17)12-25/h2-10,17,20H,11-12H2,1H3/t17-,20+/m0/s1. The van der Waals surface area contributed by atoms with Crippen molar-refractivity contribution >= 4 is 15.7 Å². The van der Waals surface area contributed by atoms with Crippen molar-refractivity contribution in [3.63, 3.8) is 0 Å². The lowest BCUT2D eigenvalue weighted by Gasteiger charge is -2.18. The number of sulfone groups is 1. The van der Waals surface area contributed by atoms with E-state index in [0.717, 1.165) is 16.7 Å². The van der Waals surface area contributed by atoms with Crippen molar-refractivity contribution in [3.05, 3.63) is 71.8 Å². The van der Waals surface area contributed by atoms with Crippen LogP contribution in [0.15, 0.2) is 59.6 Å². The van der Waals surface area contributed by atoms with Crippen LogP contribution >= 0.6 is 0 Å². The lowest BCUT2D eigenvalue weighted by atomic mass is 9.94. The molecule has 0 aliphatic carbocycles. The zero-order chi connectivity index (χ0) is 20.3. The number of hydrogen-bond donors (Lipinski definition) is 0. The van der Waals surface area contributed by atoms with Gasteiger partial charge in [-0.2, -0.15) is 5.10 Å². The van der Waals surface area contributed by atoms with Gasteiger partial charge in [-0.3, -0.25) is 9.48 Å². The van der Waals surface area contributed by atoms with Gasteiger partial charge in [-0.15, -0.1) is 0 Å². The molecule has 29 heavy (non-hydrogen) atoms. The van der Waals surface area contributed by atoms with Gasteiger partial charge in [0.05, 0.1) is 10.1 Å². The molecule has 0 unspecified atom stereocenters. The predicted octanol–water partition coefficient (Wildman–Crippen LogP) is 2.62. The molecule has 2 atom stereocenters. The largest absolute Gasteiger partial charge is 0.335 e. The van der Waals surface area contributed by atoms with Gasteiger partial charge in [-0.1, -0.05) is 18.2 Å². The summed E-state index contributed by atoms with van der Waals surface area (Å²) in [4.78, 5) is 14.8. The summed E-state index contributed by atoms with van der Waals surface area (Å²) in [5.74, 6) is -0.809. The SMILES string of the molecule is Cn1nccc1C(=O)N1C[C@@H]2[C@@H](C1)c1cc(-c3ccc(F)cc3)ccc1S2(=O)=O. The van der Waals surface area contributed by atoms with Gasteiger partial charge in [0.2, 0.25) is 0 Å². The number of aromatic nitrogens is 2. The minimum Gasteiger partial charge on any atom is -0.335 e. The van der Waals surface area contributed by atoms with Crippen molar-refractivity contribution in [1.29, 1.82) is 0 Å². The summed E-state index contributed by atoms with van der Waals surface area (Å²) in [5, 5.41) is 3.38. The molecular weight excluding hydrogens is 393 g/mol. The number of aryl methyl sites for hydroxylation is 1. The summed E-state index contributed by atoms with van der Waals surface area (Å²) in [6.45, 7) is 0.505. The average Bonchev–Trinajstić information content (AvgIpc) is 3.38. The first kappa shape index (κ1) is 18.1. The summed E-state index contributed by atoms with van der Waals surface area (Å²) in [7, 11) is -1.82. The fraction of sp³-hybridized carbons (Fsp3) is 0.238. The van der Waals surface area contributed by atoms with Gasteiger partial charge in [0.25, 0.3) is 5.91 Å². The Balaban J connectivity index is 1.52. The van der Waals surface area contributed by atoms with E-state index in [1.807, 2.05) is 6.07 Å². The molecule has 148 valence electrons. The third kappa shape index (κ3) is 2.70. The molecule has 0 radical (unpaired) electrons. The van der Waals surface area contributed by atoms with E-state index in [1.165, 1.54) is 16.8 Å². The Labute approximate surface area is 167 Å². The Morgan fingerprint density at radius 1 is 1.07 bits per heavy atom. The van der Waals surface area contributed by atoms with E-state index in [0.29, 0.717) is 17.1 Å². The first-order valence-electron chi connectivity index (χ1n) is 9.27. The molecule has 2 aromatic carbocycles. The molecule has 2 aliphatic rings. The summed E-state index contributed by atoms with van der Waals surface area (Å²) in [5.41, 5.74) is 2.81. The van der Waals surface area contributed by atoms with E-state index in [9.17, 15) is 17.6 Å². The van der Waals surface area contributed by atoms with Crippen LogP contribution in [0.4, 0.5) is 4.39 Å². The van der Waals surface area contributed by atoms with E-state index in [-0.39, 0.29) is 24.2 Å². The smallest absolute Gasteiger partial charge is 0.272 e. The third-order valence-corrected chi connectivity index (χ3v) is 8.14.